The number of hydrogen-bond acceptors (Lipinski definition) is 2. The predicted molar refractivity (Wildman–Crippen MR) is 58.9 cm³/mol. The molecule has 0 amide bonds. The van der Waals surface area contributed by atoms with E-state index in [1.165, 1.54) is 0 Å². The Hall–Kier alpha value is -0.0900. The minimum Gasteiger partial charge on any atom is -0.286 e. The minimum absolute atomic E-state index is 0.0569. The molecule has 0 aromatic rings. The summed E-state index contributed by atoms with van der Waals surface area (Å²) in [5, 5.41) is 0. The lowest BCUT2D eigenvalue weighted by atomic mass is 9.91. The van der Waals surface area contributed by atoms with Gasteiger partial charge in [0.1, 0.15) is 0 Å². The summed E-state index contributed by atoms with van der Waals surface area (Å²) in [4.78, 5) is 0. The lowest BCUT2D eigenvalue weighted by molar-refractivity contribution is 0.367. The first kappa shape index (κ1) is 13.9. The van der Waals surface area contributed by atoms with Crippen LogP contribution in [0.5, 0.6) is 0 Å². The molecule has 3 nitrogen and oxygen atoms in total. The molecule has 0 saturated carbocycles. The lowest BCUT2D eigenvalue weighted by Crippen LogP contribution is -2.15. The van der Waals surface area contributed by atoms with Gasteiger partial charge in [-0.15, -0.1) is 0 Å². The van der Waals surface area contributed by atoms with Crippen LogP contribution in [-0.4, -0.2) is 18.7 Å². The van der Waals surface area contributed by atoms with Gasteiger partial charge in [-0.05, 0) is 18.3 Å². The topological polar surface area (TPSA) is 54.4 Å². The Kier molecular flexibility index (Phi) is 6.36. The van der Waals surface area contributed by atoms with Crippen LogP contribution in [0.3, 0.4) is 0 Å². The van der Waals surface area contributed by atoms with Crippen molar-refractivity contribution in [2.24, 2.45) is 11.8 Å². The van der Waals surface area contributed by atoms with Crippen molar-refractivity contribution in [3.63, 3.8) is 0 Å². The van der Waals surface area contributed by atoms with Crippen molar-refractivity contribution < 1.29 is 13.0 Å². The van der Waals surface area contributed by atoms with Crippen molar-refractivity contribution >= 4 is 10.1 Å². The first-order valence-electron chi connectivity index (χ1n) is 5.34. The van der Waals surface area contributed by atoms with Gasteiger partial charge in [-0.3, -0.25) is 4.55 Å². The highest BCUT2D eigenvalue weighted by atomic mass is 32.2. The van der Waals surface area contributed by atoms with E-state index in [1.54, 1.807) is 0 Å². The second-order valence-corrected chi connectivity index (χ2v) is 5.65. The fourth-order valence-corrected chi connectivity index (χ4v) is 2.75. The van der Waals surface area contributed by atoms with Crippen LogP contribution in [0.2, 0.25) is 0 Å². The second-order valence-electron chi connectivity index (χ2n) is 4.15. The molecule has 0 fully saturated rings. The summed E-state index contributed by atoms with van der Waals surface area (Å²) in [5.41, 5.74) is 0. The molecule has 2 unspecified atom stereocenters. The molecular weight excluding hydrogens is 200 g/mol. The third-order valence-corrected chi connectivity index (χ3v) is 3.50. The van der Waals surface area contributed by atoms with Crippen molar-refractivity contribution in [1.29, 1.82) is 0 Å². The van der Waals surface area contributed by atoms with Gasteiger partial charge in [-0.25, -0.2) is 0 Å². The van der Waals surface area contributed by atoms with Crippen LogP contribution in [0, 0.1) is 11.8 Å². The van der Waals surface area contributed by atoms with E-state index in [9.17, 15) is 8.42 Å². The standard InChI is InChI=1S/C10H22O3S/c1-4-6-10(5-2)7-9(3)8-14(11,12)13/h9-10H,4-8H2,1-3H3,(H,11,12,13). The molecule has 86 valence electrons. The smallest absolute Gasteiger partial charge is 0.265 e. The fraction of sp³-hybridized carbons (Fsp3) is 1.00. The van der Waals surface area contributed by atoms with Crippen LogP contribution in [0.1, 0.15) is 46.5 Å². The molecule has 0 rings (SSSR count). The van der Waals surface area contributed by atoms with Crippen molar-refractivity contribution in [2.45, 2.75) is 46.5 Å². The average Bonchev–Trinajstić information content (AvgIpc) is 2.00. The molecule has 0 aliphatic rings. The van der Waals surface area contributed by atoms with E-state index in [0.29, 0.717) is 5.92 Å². The van der Waals surface area contributed by atoms with E-state index in [-0.39, 0.29) is 11.7 Å². The normalized spacial score (nSPS) is 16.6. The number of rotatable bonds is 7. The van der Waals surface area contributed by atoms with Gasteiger partial charge in [0.2, 0.25) is 0 Å². The van der Waals surface area contributed by atoms with Crippen LogP contribution < -0.4 is 0 Å². The van der Waals surface area contributed by atoms with Crippen molar-refractivity contribution in [1.82, 2.24) is 0 Å². The zero-order valence-corrected chi connectivity index (χ0v) is 10.2. The molecule has 0 bridgehead atoms. The summed E-state index contributed by atoms with van der Waals surface area (Å²) in [6.45, 7) is 6.14. The van der Waals surface area contributed by atoms with Gasteiger partial charge < -0.3 is 0 Å². The zero-order valence-electron chi connectivity index (χ0n) is 9.36. The molecule has 14 heavy (non-hydrogen) atoms. The highest BCUT2D eigenvalue weighted by Gasteiger charge is 2.16. The Morgan fingerprint density at radius 1 is 1.29 bits per heavy atom. The van der Waals surface area contributed by atoms with Gasteiger partial charge in [0.15, 0.2) is 0 Å². The summed E-state index contributed by atoms with van der Waals surface area (Å²) in [7, 11) is -3.79. The Morgan fingerprint density at radius 2 is 1.86 bits per heavy atom. The fourth-order valence-electron chi connectivity index (χ4n) is 1.89. The van der Waals surface area contributed by atoms with Crippen LogP contribution in [-0.2, 0) is 10.1 Å². The monoisotopic (exact) mass is 222 g/mol. The number of hydrogen-bond donors (Lipinski definition) is 1. The quantitative estimate of drug-likeness (QED) is 0.674. The average molecular weight is 222 g/mol. The van der Waals surface area contributed by atoms with Gasteiger partial charge in [-0.1, -0.05) is 40.0 Å². The molecule has 0 heterocycles. The third-order valence-electron chi connectivity index (χ3n) is 2.51. The van der Waals surface area contributed by atoms with Crippen LogP contribution >= 0.6 is 0 Å². The largest absolute Gasteiger partial charge is 0.286 e. The summed E-state index contributed by atoms with van der Waals surface area (Å²) in [6, 6.07) is 0. The molecule has 0 aliphatic heterocycles. The maximum Gasteiger partial charge on any atom is 0.265 e. The summed E-state index contributed by atoms with van der Waals surface area (Å²) < 4.78 is 29.9. The van der Waals surface area contributed by atoms with Gasteiger partial charge in [0.05, 0.1) is 5.75 Å². The maximum atomic E-state index is 10.6. The molecule has 2 atom stereocenters. The molecule has 0 aromatic carbocycles. The van der Waals surface area contributed by atoms with E-state index >= 15 is 0 Å². The molecule has 4 heteroatoms. The van der Waals surface area contributed by atoms with Gasteiger partial charge in [-0.2, -0.15) is 8.42 Å². The molecule has 0 aromatic heterocycles. The Balaban J connectivity index is 3.96. The molecule has 0 aliphatic carbocycles. The van der Waals surface area contributed by atoms with Crippen LogP contribution in [0.25, 0.3) is 0 Å². The van der Waals surface area contributed by atoms with E-state index in [1.807, 2.05) is 6.92 Å². The highest BCUT2D eigenvalue weighted by Crippen LogP contribution is 2.21. The Morgan fingerprint density at radius 3 is 2.21 bits per heavy atom. The first-order chi connectivity index (χ1) is 6.39. The van der Waals surface area contributed by atoms with Gasteiger partial charge in [0, 0.05) is 0 Å². The minimum atomic E-state index is -3.79. The molecule has 1 N–H and O–H groups in total. The molecular formula is C10H22O3S. The zero-order chi connectivity index (χ0) is 11.2. The third kappa shape index (κ3) is 7.33. The Labute approximate surface area is 87.7 Å². The van der Waals surface area contributed by atoms with Crippen molar-refractivity contribution in [3.05, 3.63) is 0 Å². The second kappa shape index (κ2) is 6.40. The molecule has 0 spiro atoms. The van der Waals surface area contributed by atoms with Crippen LogP contribution in [0.4, 0.5) is 0 Å². The summed E-state index contributed by atoms with van der Waals surface area (Å²) in [6.07, 6.45) is 4.26. The highest BCUT2D eigenvalue weighted by molar-refractivity contribution is 7.85. The van der Waals surface area contributed by atoms with E-state index in [0.717, 1.165) is 25.7 Å². The van der Waals surface area contributed by atoms with Crippen molar-refractivity contribution in [3.8, 4) is 0 Å². The summed E-state index contributed by atoms with van der Waals surface area (Å²) in [5.74, 6) is 0.547. The predicted octanol–water partition coefficient (Wildman–Crippen LogP) is 2.73. The Bertz CT molecular complexity index is 234. The van der Waals surface area contributed by atoms with Crippen molar-refractivity contribution in [2.75, 3.05) is 5.75 Å². The van der Waals surface area contributed by atoms with E-state index < -0.39 is 10.1 Å². The van der Waals surface area contributed by atoms with Crippen LogP contribution in [0.15, 0.2) is 0 Å². The van der Waals surface area contributed by atoms with E-state index in [2.05, 4.69) is 13.8 Å². The maximum absolute atomic E-state index is 10.6. The molecule has 0 radical (unpaired) electrons. The van der Waals surface area contributed by atoms with E-state index in [4.69, 9.17) is 4.55 Å². The molecule has 0 saturated heterocycles. The van der Waals surface area contributed by atoms with Gasteiger partial charge in [0.25, 0.3) is 10.1 Å². The summed E-state index contributed by atoms with van der Waals surface area (Å²) >= 11 is 0. The lowest BCUT2D eigenvalue weighted by Gasteiger charge is -2.17. The van der Waals surface area contributed by atoms with Gasteiger partial charge >= 0.3 is 0 Å². The SMILES string of the molecule is CCCC(CC)CC(C)CS(=O)(=O)O. The first-order valence-corrected chi connectivity index (χ1v) is 6.95.